The van der Waals surface area contributed by atoms with Crippen molar-refractivity contribution < 1.29 is 22.7 Å². The van der Waals surface area contributed by atoms with Crippen LogP contribution >= 0.6 is 11.8 Å². The lowest BCUT2D eigenvalue weighted by molar-refractivity contribution is -0.119. The van der Waals surface area contributed by atoms with Gasteiger partial charge in [0.05, 0.1) is 17.5 Å². The van der Waals surface area contributed by atoms with Crippen LogP contribution in [0.25, 0.3) is 0 Å². The summed E-state index contributed by atoms with van der Waals surface area (Å²) >= 11 is 1.31. The van der Waals surface area contributed by atoms with E-state index in [1.54, 1.807) is 20.8 Å². The number of nitrogens with zero attached hydrogens (tertiary/aromatic N) is 2. The van der Waals surface area contributed by atoms with Crippen LogP contribution in [0.3, 0.4) is 0 Å². The molecule has 0 bridgehead atoms. The quantitative estimate of drug-likeness (QED) is 0.629. The Balaban J connectivity index is 1.66. The predicted molar refractivity (Wildman–Crippen MR) is 143 cm³/mol. The van der Waals surface area contributed by atoms with Crippen LogP contribution in [0.2, 0.25) is 0 Å². The lowest BCUT2D eigenvalue weighted by atomic mass is 10.1. The molecule has 2 fully saturated rings. The normalized spacial score (nSPS) is 22.8. The molecule has 2 aromatic rings. The summed E-state index contributed by atoms with van der Waals surface area (Å²) in [6.45, 7) is 7.20. The highest BCUT2D eigenvalue weighted by atomic mass is 32.2. The molecule has 2 aliphatic heterocycles. The molecule has 36 heavy (non-hydrogen) atoms. The maximum atomic E-state index is 13.5. The Morgan fingerprint density at radius 1 is 1.11 bits per heavy atom. The van der Waals surface area contributed by atoms with Gasteiger partial charge in [-0.1, -0.05) is 60.3 Å². The summed E-state index contributed by atoms with van der Waals surface area (Å²) in [6, 6.07) is 15.8. The Morgan fingerprint density at radius 3 is 2.44 bits per heavy atom. The number of anilines is 1. The van der Waals surface area contributed by atoms with E-state index < -0.39 is 33.5 Å². The van der Waals surface area contributed by atoms with Gasteiger partial charge in [-0.2, -0.15) is 4.99 Å². The highest BCUT2D eigenvalue weighted by molar-refractivity contribution is 8.16. The Hall–Kier alpha value is -2.85. The van der Waals surface area contributed by atoms with E-state index in [4.69, 9.17) is 4.74 Å². The highest BCUT2D eigenvalue weighted by Gasteiger charge is 2.49. The van der Waals surface area contributed by atoms with Crippen molar-refractivity contribution in [2.75, 3.05) is 16.4 Å². The van der Waals surface area contributed by atoms with Gasteiger partial charge in [0.2, 0.25) is 0 Å². The number of nitrogens with one attached hydrogen (secondary N) is 1. The topological polar surface area (TPSA) is 105 Å². The highest BCUT2D eigenvalue weighted by Crippen LogP contribution is 2.41. The Kier molecular flexibility index (Phi) is 7.47. The Morgan fingerprint density at radius 2 is 1.78 bits per heavy atom. The number of benzene rings is 2. The number of thioether (sulfide) groups is 1. The second-order valence-corrected chi connectivity index (χ2v) is 13.4. The van der Waals surface area contributed by atoms with Crippen LogP contribution in [-0.4, -0.2) is 60.0 Å². The lowest BCUT2D eigenvalue weighted by Gasteiger charge is -2.26. The van der Waals surface area contributed by atoms with E-state index in [1.165, 1.54) is 11.8 Å². The maximum Gasteiger partial charge on any atom is 0.408 e. The summed E-state index contributed by atoms with van der Waals surface area (Å²) in [6.07, 6.45) is -0.457. The average Bonchev–Trinajstić information content (AvgIpc) is 3.24. The van der Waals surface area contributed by atoms with E-state index in [-0.39, 0.29) is 29.2 Å². The number of hydrogen-bond donors (Lipinski definition) is 1. The molecular formula is C26H31N3O5S2. The molecule has 0 saturated carbocycles. The fraction of sp³-hybridized carbons (Fsp3) is 0.423. The predicted octanol–water partition coefficient (Wildman–Crippen LogP) is 3.73. The summed E-state index contributed by atoms with van der Waals surface area (Å²) in [7, 11) is -3.18. The minimum Gasteiger partial charge on any atom is -0.444 e. The van der Waals surface area contributed by atoms with Crippen molar-refractivity contribution in [3.63, 3.8) is 0 Å². The summed E-state index contributed by atoms with van der Waals surface area (Å²) < 4.78 is 30.1. The zero-order chi connectivity index (χ0) is 26.1. The minimum absolute atomic E-state index is 0.00974. The molecule has 2 saturated heterocycles. The second kappa shape index (κ2) is 10.3. The molecule has 8 nitrogen and oxygen atoms in total. The number of aliphatic imine (C=N–C) groups is 1. The molecule has 10 heteroatoms. The third-order valence-corrected chi connectivity index (χ3v) is 9.13. The number of ether oxygens (including phenoxy) is 1. The first-order chi connectivity index (χ1) is 16.9. The monoisotopic (exact) mass is 529 g/mol. The third-order valence-electron chi connectivity index (χ3n) is 5.92. The molecule has 0 radical (unpaired) electrons. The first-order valence-corrected chi connectivity index (χ1v) is 14.5. The first kappa shape index (κ1) is 26.2. The van der Waals surface area contributed by atoms with Gasteiger partial charge in [0.25, 0.3) is 5.91 Å². The van der Waals surface area contributed by atoms with Gasteiger partial charge in [0.15, 0.2) is 15.0 Å². The van der Waals surface area contributed by atoms with Crippen molar-refractivity contribution in [1.29, 1.82) is 0 Å². The van der Waals surface area contributed by atoms with Gasteiger partial charge in [-0.05, 0) is 44.9 Å². The van der Waals surface area contributed by atoms with Crippen LogP contribution in [0.15, 0.2) is 59.6 Å². The number of amidine groups is 1. The number of carbonyl (C=O) groups is 2. The summed E-state index contributed by atoms with van der Waals surface area (Å²) in [5.41, 5.74) is 1.92. The molecule has 0 aromatic heterocycles. The SMILES string of the molecule is Cc1ccccc1N1C(=NC(=O)[C@H](Cc2ccccc2)NC(=O)OC(C)(C)C)S[C@@H]2CS(=O)(=O)C[C@@H]21. The molecule has 2 heterocycles. The van der Waals surface area contributed by atoms with Crippen molar-refractivity contribution in [2.45, 2.75) is 57.1 Å². The van der Waals surface area contributed by atoms with Gasteiger partial charge in [-0.3, -0.25) is 4.79 Å². The molecule has 2 aromatic carbocycles. The number of rotatable bonds is 5. The van der Waals surface area contributed by atoms with E-state index in [1.807, 2.05) is 66.4 Å². The molecule has 3 atom stereocenters. The smallest absolute Gasteiger partial charge is 0.408 e. The number of fused-ring (bicyclic) bond motifs is 1. The van der Waals surface area contributed by atoms with Crippen molar-refractivity contribution in [2.24, 2.45) is 4.99 Å². The van der Waals surface area contributed by atoms with Crippen LogP contribution in [0.4, 0.5) is 10.5 Å². The Labute approximate surface area is 216 Å². The Bertz CT molecular complexity index is 1270. The van der Waals surface area contributed by atoms with E-state index >= 15 is 0 Å². The molecule has 0 aliphatic carbocycles. The number of sulfone groups is 1. The van der Waals surface area contributed by atoms with Gasteiger partial charge in [0.1, 0.15) is 11.6 Å². The molecule has 4 rings (SSSR count). The molecule has 2 aliphatic rings. The molecule has 1 N–H and O–H groups in total. The number of hydrogen-bond acceptors (Lipinski definition) is 6. The van der Waals surface area contributed by atoms with Crippen molar-refractivity contribution in [1.82, 2.24) is 5.32 Å². The van der Waals surface area contributed by atoms with Gasteiger partial charge in [0, 0.05) is 17.4 Å². The minimum atomic E-state index is -3.18. The van der Waals surface area contributed by atoms with Crippen molar-refractivity contribution >= 4 is 44.5 Å². The lowest BCUT2D eigenvalue weighted by Crippen LogP contribution is -2.45. The molecular weight excluding hydrogens is 498 g/mol. The average molecular weight is 530 g/mol. The fourth-order valence-electron chi connectivity index (χ4n) is 4.35. The van der Waals surface area contributed by atoms with E-state index in [0.717, 1.165) is 16.8 Å². The summed E-state index contributed by atoms with van der Waals surface area (Å²) in [5.74, 6) is -0.467. The van der Waals surface area contributed by atoms with Crippen LogP contribution < -0.4 is 10.2 Å². The number of amides is 2. The largest absolute Gasteiger partial charge is 0.444 e. The summed E-state index contributed by atoms with van der Waals surface area (Å²) in [5, 5.41) is 2.92. The number of alkyl carbamates (subject to hydrolysis) is 1. The van der Waals surface area contributed by atoms with Crippen LogP contribution in [0.5, 0.6) is 0 Å². The number of aryl methyl sites for hydroxylation is 1. The van der Waals surface area contributed by atoms with Crippen molar-refractivity contribution in [3.8, 4) is 0 Å². The number of carbonyl (C=O) groups excluding carboxylic acids is 2. The van der Waals surface area contributed by atoms with Gasteiger partial charge in [-0.25, -0.2) is 13.2 Å². The van der Waals surface area contributed by atoms with Crippen LogP contribution in [0, 0.1) is 6.92 Å². The van der Waals surface area contributed by atoms with Gasteiger partial charge in [-0.15, -0.1) is 0 Å². The first-order valence-electron chi connectivity index (χ1n) is 11.8. The molecule has 0 unspecified atom stereocenters. The standard InChI is InChI=1S/C26H31N3O5S2/c1-17-10-8-9-13-20(17)29-21-15-36(32,33)16-22(21)35-24(29)28-23(30)19(14-18-11-6-5-7-12-18)27-25(31)34-26(2,3)4/h5-13,19,21-22H,14-16H2,1-4H3,(H,27,31)/t19-,21-,22+/m0/s1. The molecule has 2 amide bonds. The van der Waals surface area contributed by atoms with Crippen LogP contribution in [0.1, 0.15) is 31.9 Å². The van der Waals surface area contributed by atoms with Crippen molar-refractivity contribution in [3.05, 3.63) is 65.7 Å². The maximum absolute atomic E-state index is 13.5. The van der Waals surface area contributed by atoms with E-state index in [0.29, 0.717) is 5.17 Å². The van der Waals surface area contributed by atoms with Gasteiger partial charge >= 0.3 is 6.09 Å². The molecule has 192 valence electrons. The zero-order valence-corrected chi connectivity index (χ0v) is 22.4. The summed E-state index contributed by atoms with van der Waals surface area (Å²) in [4.78, 5) is 32.4. The van der Waals surface area contributed by atoms with E-state index in [2.05, 4.69) is 10.3 Å². The van der Waals surface area contributed by atoms with Gasteiger partial charge < -0.3 is 15.0 Å². The second-order valence-electron chi connectivity index (χ2n) is 10.1. The van der Waals surface area contributed by atoms with Crippen LogP contribution in [-0.2, 0) is 25.8 Å². The third kappa shape index (κ3) is 6.28. The number of para-hydroxylation sites is 1. The molecule has 0 spiro atoms. The zero-order valence-electron chi connectivity index (χ0n) is 20.8. The van der Waals surface area contributed by atoms with E-state index in [9.17, 15) is 18.0 Å². The fourth-order valence-corrected chi connectivity index (χ4v) is 8.26.